The Morgan fingerprint density at radius 3 is 2.39 bits per heavy atom. The molecule has 0 saturated heterocycles. The van der Waals surface area contributed by atoms with E-state index < -0.39 is 57.5 Å². The number of hydrogen-bond acceptors (Lipinski definition) is 7. The molecule has 0 aliphatic heterocycles. The summed E-state index contributed by atoms with van der Waals surface area (Å²) in [6.07, 6.45) is 0.330. The van der Waals surface area contributed by atoms with Gasteiger partial charge >= 0.3 is 12.1 Å². The molecule has 36 heavy (non-hydrogen) atoms. The van der Waals surface area contributed by atoms with E-state index in [1.165, 1.54) is 6.92 Å². The fourth-order valence-electron chi connectivity index (χ4n) is 3.53. The van der Waals surface area contributed by atoms with Crippen LogP contribution in [0, 0.1) is 17.5 Å². The van der Waals surface area contributed by atoms with Crippen molar-refractivity contribution in [3.8, 4) is 0 Å². The van der Waals surface area contributed by atoms with E-state index in [9.17, 15) is 14.4 Å². The Balaban J connectivity index is 1.84. The third-order valence-electron chi connectivity index (χ3n) is 5.43. The monoisotopic (exact) mass is 522 g/mol. The Kier molecular flexibility index (Phi) is 9.03. The topological polar surface area (TPSA) is 93.7 Å². The predicted molar refractivity (Wildman–Crippen MR) is 128 cm³/mol. The number of carbonyl (C=O) groups is 3. The molecule has 1 aliphatic rings. The second-order valence-electron chi connectivity index (χ2n) is 7.96. The van der Waals surface area contributed by atoms with Crippen LogP contribution < -0.4 is 10.6 Å². The summed E-state index contributed by atoms with van der Waals surface area (Å²) in [5.41, 5.74) is -3.14. The van der Waals surface area contributed by atoms with E-state index in [4.69, 9.17) is 9.47 Å². The molecule has 1 saturated carbocycles. The highest BCUT2D eigenvalue weighted by atomic mass is 32.1. The second-order valence-corrected chi connectivity index (χ2v) is 8.41. The van der Waals surface area contributed by atoms with Crippen LogP contribution in [-0.2, 0) is 26.4 Å². The first-order chi connectivity index (χ1) is 17.2. The van der Waals surface area contributed by atoms with Gasteiger partial charge in [-0.15, -0.1) is 0 Å². The number of ether oxygens (including phenoxy) is 2. The van der Waals surface area contributed by atoms with Gasteiger partial charge in [0.1, 0.15) is 18.0 Å². The average Bonchev–Trinajstić information content (AvgIpc) is 3.63. The zero-order valence-corrected chi connectivity index (χ0v) is 20.3. The lowest BCUT2D eigenvalue weighted by Crippen LogP contribution is -2.37. The van der Waals surface area contributed by atoms with Crippen molar-refractivity contribution in [2.75, 3.05) is 18.9 Å². The van der Waals surface area contributed by atoms with Crippen LogP contribution in [0.25, 0.3) is 0 Å². The SMILES string of the molecule is CCOC(=O)/C(=C\NCCS)C(=O)c1cc(F)c(C2(NC(=O)OCc3ccccc3)CC2)c(F)c1F. The lowest BCUT2D eigenvalue weighted by atomic mass is 9.96. The number of thiol groups is 1. The van der Waals surface area contributed by atoms with Crippen LogP contribution in [0.1, 0.15) is 41.3 Å². The van der Waals surface area contributed by atoms with Gasteiger partial charge in [0.15, 0.2) is 11.6 Å². The van der Waals surface area contributed by atoms with Crippen molar-refractivity contribution in [1.82, 2.24) is 10.6 Å². The van der Waals surface area contributed by atoms with Gasteiger partial charge in [-0.1, -0.05) is 30.3 Å². The molecule has 0 atom stereocenters. The molecule has 0 spiro atoms. The highest BCUT2D eigenvalue weighted by Gasteiger charge is 2.51. The van der Waals surface area contributed by atoms with Gasteiger partial charge in [0.05, 0.1) is 23.3 Å². The number of hydrogen-bond donors (Lipinski definition) is 3. The smallest absolute Gasteiger partial charge is 0.408 e. The van der Waals surface area contributed by atoms with Crippen LogP contribution in [0.5, 0.6) is 0 Å². The Bertz CT molecular complexity index is 1170. The summed E-state index contributed by atoms with van der Waals surface area (Å²) in [7, 11) is 0. The number of amides is 1. The van der Waals surface area contributed by atoms with E-state index in [0.717, 1.165) is 6.20 Å². The molecule has 1 aliphatic carbocycles. The Morgan fingerprint density at radius 2 is 1.78 bits per heavy atom. The highest BCUT2D eigenvalue weighted by molar-refractivity contribution is 7.80. The number of rotatable bonds is 11. The molecule has 2 N–H and O–H groups in total. The number of carbonyl (C=O) groups excluding carboxylic acids is 3. The van der Waals surface area contributed by atoms with Crippen molar-refractivity contribution in [3.05, 3.63) is 82.3 Å². The summed E-state index contributed by atoms with van der Waals surface area (Å²) in [5, 5.41) is 5.04. The van der Waals surface area contributed by atoms with Crippen LogP contribution in [0.2, 0.25) is 0 Å². The average molecular weight is 523 g/mol. The van der Waals surface area contributed by atoms with Crippen molar-refractivity contribution < 1.29 is 37.0 Å². The van der Waals surface area contributed by atoms with Gasteiger partial charge in [0, 0.05) is 18.5 Å². The maximum atomic E-state index is 15.1. The minimum absolute atomic E-state index is 0.0697. The van der Waals surface area contributed by atoms with Gasteiger partial charge < -0.3 is 20.1 Å². The molecule has 0 radical (unpaired) electrons. The first-order valence-corrected chi connectivity index (χ1v) is 11.8. The molecule has 0 aromatic heterocycles. The summed E-state index contributed by atoms with van der Waals surface area (Å²) in [5.74, 6) is -6.51. The number of benzene rings is 2. The summed E-state index contributed by atoms with van der Waals surface area (Å²) < 4.78 is 55.2. The molecule has 0 heterocycles. The van der Waals surface area contributed by atoms with Crippen LogP contribution in [-0.4, -0.2) is 36.8 Å². The summed E-state index contributed by atoms with van der Waals surface area (Å²) in [4.78, 5) is 37.4. The minimum atomic E-state index is -1.65. The van der Waals surface area contributed by atoms with Gasteiger partial charge in [-0.3, -0.25) is 4.79 Å². The fourth-order valence-corrected chi connectivity index (χ4v) is 3.66. The minimum Gasteiger partial charge on any atom is -0.462 e. The normalized spacial score (nSPS) is 14.1. The Labute approximate surface area is 211 Å². The lowest BCUT2D eigenvalue weighted by molar-refractivity contribution is -0.138. The molecule has 1 fully saturated rings. The van der Waals surface area contributed by atoms with Crippen LogP contribution in [0.4, 0.5) is 18.0 Å². The number of Topliss-reactive ketones (excluding diaryl/α,β-unsaturated/α-hetero) is 1. The van der Waals surface area contributed by atoms with Crippen molar-refractivity contribution >= 4 is 30.5 Å². The molecule has 0 unspecified atom stereocenters. The number of esters is 1. The molecule has 7 nitrogen and oxygen atoms in total. The van der Waals surface area contributed by atoms with Gasteiger partial charge in [-0.05, 0) is 31.4 Å². The molecule has 2 aromatic carbocycles. The molecule has 11 heteroatoms. The lowest BCUT2D eigenvalue weighted by Gasteiger charge is -2.20. The van der Waals surface area contributed by atoms with Crippen LogP contribution in [0.15, 0.2) is 48.2 Å². The van der Waals surface area contributed by atoms with Crippen molar-refractivity contribution in [3.63, 3.8) is 0 Å². The van der Waals surface area contributed by atoms with Crippen molar-refractivity contribution in [2.24, 2.45) is 0 Å². The third kappa shape index (κ3) is 6.20. The molecule has 1 amide bonds. The summed E-state index contributed by atoms with van der Waals surface area (Å²) in [6.45, 7) is 1.62. The largest absolute Gasteiger partial charge is 0.462 e. The van der Waals surface area contributed by atoms with Crippen molar-refractivity contribution in [2.45, 2.75) is 31.9 Å². The van der Waals surface area contributed by atoms with Gasteiger partial charge in [0.25, 0.3) is 0 Å². The quantitative estimate of drug-likeness (QED) is 0.0600. The third-order valence-corrected chi connectivity index (χ3v) is 5.65. The predicted octanol–water partition coefficient (Wildman–Crippen LogP) is 4.17. The van der Waals surface area contributed by atoms with Gasteiger partial charge in [0.2, 0.25) is 5.78 Å². The summed E-state index contributed by atoms with van der Waals surface area (Å²) in [6, 6.07) is 9.29. The van der Waals surface area contributed by atoms with Crippen LogP contribution in [0.3, 0.4) is 0 Å². The first kappa shape index (κ1) is 27.1. The van der Waals surface area contributed by atoms with E-state index in [0.29, 0.717) is 17.4 Å². The maximum Gasteiger partial charge on any atom is 0.408 e. The van der Waals surface area contributed by atoms with E-state index in [2.05, 4.69) is 23.3 Å². The van der Waals surface area contributed by atoms with Crippen LogP contribution >= 0.6 is 12.6 Å². The highest BCUT2D eigenvalue weighted by Crippen LogP contribution is 2.48. The van der Waals surface area contributed by atoms with E-state index in [1.54, 1.807) is 30.3 Å². The zero-order chi connectivity index (χ0) is 26.3. The Hall–Kier alpha value is -3.47. The molecular weight excluding hydrogens is 497 g/mol. The van der Waals surface area contributed by atoms with Gasteiger partial charge in [-0.25, -0.2) is 22.8 Å². The molecule has 3 rings (SSSR count). The second kappa shape index (κ2) is 12.0. The summed E-state index contributed by atoms with van der Waals surface area (Å²) >= 11 is 3.99. The molecule has 0 bridgehead atoms. The molecular formula is C25H25F3N2O5S. The van der Waals surface area contributed by atoms with E-state index in [-0.39, 0.29) is 32.6 Å². The fraction of sp³-hybridized carbons (Fsp3) is 0.320. The number of alkyl carbamates (subject to hydrolysis) is 1. The van der Waals surface area contributed by atoms with Gasteiger partial charge in [-0.2, -0.15) is 12.6 Å². The standard InChI is InChI=1S/C25H25F3N2O5S/c1-2-34-23(32)17(13-29-10-11-36)22(31)16-12-18(26)19(21(28)20(16)27)25(8-9-25)30-24(33)35-14-15-6-4-3-5-7-15/h3-7,12-13,29,36H,2,8-11,14H2,1H3,(H,30,33)/b17-13-. The number of halogens is 3. The number of nitrogens with one attached hydrogen (secondary N) is 2. The molecule has 2 aromatic rings. The van der Waals surface area contributed by atoms with E-state index in [1.807, 2.05) is 0 Å². The Morgan fingerprint density at radius 1 is 1.08 bits per heavy atom. The van der Waals surface area contributed by atoms with E-state index >= 15 is 13.2 Å². The maximum absolute atomic E-state index is 15.1. The van der Waals surface area contributed by atoms with Crippen molar-refractivity contribution in [1.29, 1.82) is 0 Å². The number of ketones is 1. The zero-order valence-electron chi connectivity index (χ0n) is 19.4. The molecule has 192 valence electrons. The first-order valence-electron chi connectivity index (χ1n) is 11.2.